The van der Waals surface area contributed by atoms with Crippen LogP contribution in [0.15, 0.2) is 40.6 Å². The maximum Gasteiger partial charge on any atom is 0.319 e. The van der Waals surface area contributed by atoms with E-state index >= 15 is 0 Å². The van der Waals surface area contributed by atoms with E-state index < -0.39 is 10.0 Å². The number of carbonyl (C=O) groups excluding carboxylic acids is 1. The second kappa shape index (κ2) is 8.46. The summed E-state index contributed by atoms with van der Waals surface area (Å²) in [5, 5.41) is 5.50. The number of hydrogen-bond acceptors (Lipinski definition) is 4. The quantitative estimate of drug-likeness (QED) is 0.771. The van der Waals surface area contributed by atoms with Gasteiger partial charge in [-0.15, -0.1) is 11.3 Å². The Bertz CT molecular complexity index is 827. The lowest BCUT2D eigenvalue weighted by atomic mass is 10.2. The molecule has 0 fully saturated rings. The molecule has 1 heterocycles. The second-order valence-corrected chi connectivity index (χ2v) is 8.82. The van der Waals surface area contributed by atoms with E-state index in [1.165, 1.54) is 15.6 Å². The average Bonchev–Trinajstić information content (AvgIpc) is 3.04. The molecule has 0 bridgehead atoms. The van der Waals surface area contributed by atoms with E-state index in [1.807, 2.05) is 45.0 Å². The standard InChI is InChI=1S/C17H23N3O3S2/c1-4-20(5-2)25(22,23)16-10-9-15(24-16)12-18-17(21)19-14-8-6-7-13(3)11-14/h6-11H,4-5,12H2,1-3H3,(H2,18,19,21). The van der Waals surface area contributed by atoms with Gasteiger partial charge in [-0.25, -0.2) is 13.2 Å². The molecule has 0 atom stereocenters. The molecule has 1 aromatic heterocycles. The smallest absolute Gasteiger partial charge is 0.319 e. The minimum atomic E-state index is -3.45. The van der Waals surface area contributed by atoms with Gasteiger partial charge in [0.1, 0.15) is 4.21 Å². The molecule has 0 unspecified atom stereocenters. The average molecular weight is 382 g/mol. The van der Waals surface area contributed by atoms with Crippen LogP contribution in [0.3, 0.4) is 0 Å². The molecule has 25 heavy (non-hydrogen) atoms. The van der Waals surface area contributed by atoms with Gasteiger partial charge in [-0.2, -0.15) is 4.31 Å². The highest BCUT2D eigenvalue weighted by Crippen LogP contribution is 2.24. The van der Waals surface area contributed by atoms with Crippen molar-refractivity contribution in [3.63, 3.8) is 0 Å². The predicted molar refractivity (Wildman–Crippen MR) is 101 cm³/mol. The van der Waals surface area contributed by atoms with E-state index in [4.69, 9.17) is 0 Å². The van der Waals surface area contributed by atoms with Crippen LogP contribution in [0.5, 0.6) is 0 Å². The molecule has 136 valence electrons. The Hall–Kier alpha value is -1.90. The van der Waals surface area contributed by atoms with E-state index in [1.54, 1.807) is 12.1 Å². The van der Waals surface area contributed by atoms with Gasteiger partial charge in [0.15, 0.2) is 0 Å². The molecule has 2 aromatic rings. The first kappa shape index (κ1) is 19.4. The number of urea groups is 1. The fourth-order valence-corrected chi connectivity index (χ4v) is 5.26. The Morgan fingerprint density at radius 2 is 1.88 bits per heavy atom. The number of nitrogens with one attached hydrogen (secondary N) is 2. The number of hydrogen-bond donors (Lipinski definition) is 2. The monoisotopic (exact) mass is 381 g/mol. The summed E-state index contributed by atoms with van der Waals surface area (Å²) in [5.74, 6) is 0. The van der Waals surface area contributed by atoms with Gasteiger partial charge in [-0.05, 0) is 36.8 Å². The Balaban J connectivity index is 1.96. The van der Waals surface area contributed by atoms with Crippen LogP contribution in [-0.4, -0.2) is 31.8 Å². The van der Waals surface area contributed by atoms with E-state index in [-0.39, 0.29) is 12.6 Å². The molecule has 1 aromatic carbocycles. The lowest BCUT2D eigenvalue weighted by molar-refractivity contribution is 0.252. The van der Waals surface area contributed by atoms with Crippen molar-refractivity contribution in [1.29, 1.82) is 0 Å². The van der Waals surface area contributed by atoms with E-state index in [0.29, 0.717) is 23.0 Å². The van der Waals surface area contributed by atoms with Crippen molar-refractivity contribution in [3.05, 3.63) is 46.8 Å². The van der Waals surface area contributed by atoms with Gasteiger partial charge in [-0.1, -0.05) is 26.0 Å². The summed E-state index contributed by atoms with van der Waals surface area (Å²) in [5.41, 5.74) is 1.77. The highest BCUT2D eigenvalue weighted by Gasteiger charge is 2.23. The molecule has 0 saturated carbocycles. The molecular weight excluding hydrogens is 358 g/mol. The Labute approximate surface area is 152 Å². The molecule has 6 nitrogen and oxygen atoms in total. The molecule has 0 aliphatic heterocycles. The molecule has 0 radical (unpaired) electrons. The SMILES string of the molecule is CCN(CC)S(=O)(=O)c1ccc(CNC(=O)Nc2cccc(C)c2)s1. The maximum atomic E-state index is 12.5. The molecule has 2 amide bonds. The van der Waals surface area contributed by atoms with Crippen LogP contribution < -0.4 is 10.6 Å². The summed E-state index contributed by atoms with van der Waals surface area (Å²) in [4.78, 5) is 12.7. The number of anilines is 1. The summed E-state index contributed by atoms with van der Waals surface area (Å²) in [6, 6.07) is 10.5. The van der Waals surface area contributed by atoms with Crippen molar-refractivity contribution in [3.8, 4) is 0 Å². The van der Waals surface area contributed by atoms with Crippen molar-refractivity contribution in [2.75, 3.05) is 18.4 Å². The van der Waals surface area contributed by atoms with Gasteiger partial charge < -0.3 is 10.6 Å². The van der Waals surface area contributed by atoms with Crippen molar-refractivity contribution in [2.45, 2.75) is 31.5 Å². The van der Waals surface area contributed by atoms with Gasteiger partial charge in [0.05, 0.1) is 6.54 Å². The molecule has 2 rings (SSSR count). The van der Waals surface area contributed by atoms with Gasteiger partial charge in [0.2, 0.25) is 0 Å². The second-order valence-electron chi connectivity index (χ2n) is 5.49. The van der Waals surface area contributed by atoms with Crippen molar-refractivity contribution in [2.24, 2.45) is 0 Å². The van der Waals surface area contributed by atoms with Gasteiger partial charge in [0.25, 0.3) is 10.0 Å². The zero-order chi connectivity index (χ0) is 18.4. The summed E-state index contributed by atoms with van der Waals surface area (Å²) < 4.78 is 26.6. The van der Waals surface area contributed by atoms with E-state index in [2.05, 4.69) is 10.6 Å². The number of thiophene rings is 1. The highest BCUT2D eigenvalue weighted by molar-refractivity contribution is 7.91. The first-order valence-electron chi connectivity index (χ1n) is 8.07. The van der Waals surface area contributed by atoms with Gasteiger partial charge in [0, 0.05) is 23.7 Å². The van der Waals surface area contributed by atoms with Crippen LogP contribution in [0.2, 0.25) is 0 Å². The first-order valence-corrected chi connectivity index (χ1v) is 10.3. The predicted octanol–water partition coefficient (Wildman–Crippen LogP) is 3.41. The number of carbonyl (C=O) groups is 1. The fraction of sp³-hybridized carbons (Fsp3) is 0.353. The number of rotatable bonds is 7. The third-order valence-electron chi connectivity index (χ3n) is 3.64. The number of aryl methyl sites for hydroxylation is 1. The number of sulfonamides is 1. The minimum absolute atomic E-state index is 0.274. The summed E-state index contributed by atoms with van der Waals surface area (Å²) in [6.07, 6.45) is 0. The molecule has 0 aliphatic rings. The lowest BCUT2D eigenvalue weighted by Gasteiger charge is -2.16. The van der Waals surface area contributed by atoms with Crippen molar-refractivity contribution >= 4 is 33.1 Å². The fourth-order valence-electron chi connectivity index (χ4n) is 2.35. The van der Waals surface area contributed by atoms with Crippen LogP contribution >= 0.6 is 11.3 Å². The first-order chi connectivity index (χ1) is 11.9. The molecule has 8 heteroatoms. The summed E-state index contributed by atoms with van der Waals surface area (Å²) in [6.45, 7) is 6.72. The molecule has 2 N–H and O–H groups in total. The minimum Gasteiger partial charge on any atom is -0.333 e. The van der Waals surface area contributed by atoms with Crippen LogP contribution in [0.25, 0.3) is 0 Å². The molecule has 0 aliphatic carbocycles. The van der Waals surface area contributed by atoms with Gasteiger partial charge >= 0.3 is 6.03 Å². The van der Waals surface area contributed by atoms with Crippen LogP contribution in [-0.2, 0) is 16.6 Å². The highest BCUT2D eigenvalue weighted by atomic mass is 32.2. The summed E-state index contributed by atoms with van der Waals surface area (Å²) >= 11 is 1.18. The van der Waals surface area contributed by atoms with Crippen molar-refractivity contribution < 1.29 is 13.2 Å². The topological polar surface area (TPSA) is 78.5 Å². The normalized spacial score (nSPS) is 11.5. The van der Waals surface area contributed by atoms with Crippen LogP contribution in [0.1, 0.15) is 24.3 Å². The number of amides is 2. The Morgan fingerprint density at radius 1 is 1.16 bits per heavy atom. The van der Waals surface area contributed by atoms with Crippen molar-refractivity contribution in [1.82, 2.24) is 9.62 Å². The van der Waals surface area contributed by atoms with Crippen LogP contribution in [0.4, 0.5) is 10.5 Å². The third kappa shape index (κ3) is 5.04. The zero-order valence-corrected chi connectivity index (χ0v) is 16.2. The molecular formula is C17H23N3O3S2. The number of nitrogens with zero attached hydrogens (tertiary/aromatic N) is 1. The molecule has 0 spiro atoms. The Morgan fingerprint density at radius 3 is 2.52 bits per heavy atom. The lowest BCUT2D eigenvalue weighted by Crippen LogP contribution is -2.30. The van der Waals surface area contributed by atoms with Gasteiger partial charge in [-0.3, -0.25) is 0 Å². The van der Waals surface area contributed by atoms with Crippen LogP contribution in [0, 0.1) is 6.92 Å². The molecule has 0 saturated heterocycles. The third-order valence-corrected chi connectivity index (χ3v) is 7.24. The maximum absolute atomic E-state index is 12.5. The Kier molecular flexibility index (Phi) is 6.57. The largest absolute Gasteiger partial charge is 0.333 e. The number of benzene rings is 1. The summed E-state index contributed by atoms with van der Waals surface area (Å²) in [7, 11) is -3.45. The zero-order valence-electron chi connectivity index (χ0n) is 14.6. The van der Waals surface area contributed by atoms with E-state index in [9.17, 15) is 13.2 Å². The van der Waals surface area contributed by atoms with E-state index in [0.717, 1.165) is 10.4 Å².